The quantitative estimate of drug-likeness (QED) is 0.855. The van der Waals surface area contributed by atoms with E-state index in [1.165, 1.54) is 0 Å². The van der Waals surface area contributed by atoms with Crippen molar-refractivity contribution < 1.29 is 0 Å². The van der Waals surface area contributed by atoms with E-state index in [4.69, 9.17) is 5.73 Å². The van der Waals surface area contributed by atoms with Crippen LogP contribution in [0, 0.1) is 6.92 Å². The summed E-state index contributed by atoms with van der Waals surface area (Å²) in [5.41, 5.74) is 10.8. The molecule has 2 aliphatic rings. The Labute approximate surface area is 106 Å². The van der Waals surface area contributed by atoms with E-state index >= 15 is 0 Å². The zero-order chi connectivity index (χ0) is 12.5. The summed E-state index contributed by atoms with van der Waals surface area (Å²) in [6.07, 6.45) is 5.77. The van der Waals surface area contributed by atoms with Crippen LogP contribution >= 0.6 is 0 Å². The summed E-state index contributed by atoms with van der Waals surface area (Å²) in [5, 5.41) is 0. The Kier molecular flexibility index (Phi) is 2.55. The maximum Gasteiger partial charge on any atom is 0.220 e. The number of fused-ring (bicyclic) bond motifs is 1. The molecule has 3 rings (SSSR count). The minimum atomic E-state index is 0.360. The molecule has 90 valence electrons. The van der Waals surface area contributed by atoms with Gasteiger partial charge in [0.05, 0.1) is 11.4 Å². The molecule has 1 aromatic heterocycles. The van der Waals surface area contributed by atoms with E-state index in [-0.39, 0.29) is 0 Å². The van der Waals surface area contributed by atoms with Gasteiger partial charge >= 0.3 is 0 Å². The Morgan fingerprint density at radius 2 is 2.17 bits per heavy atom. The molecular formula is C14H14N4. The number of aromatic nitrogens is 1. The second-order valence-electron chi connectivity index (χ2n) is 4.46. The van der Waals surface area contributed by atoms with Crippen LogP contribution in [0.5, 0.6) is 0 Å². The molecule has 0 saturated carbocycles. The number of hydrogen-bond donors (Lipinski definition) is 1. The van der Waals surface area contributed by atoms with E-state index in [0.717, 1.165) is 41.2 Å². The predicted octanol–water partition coefficient (Wildman–Crippen LogP) is 1.92. The first-order valence-electron chi connectivity index (χ1n) is 5.97. The standard InChI is InChI=1S/C14H14N4/c1-9-4-2-6-11(16-9)8-10-5-3-7-12-13(10)18-14(15)17-12/h2-6H,7-8H2,1H3,(H2,15,18). The van der Waals surface area contributed by atoms with Crippen LogP contribution in [0.25, 0.3) is 0 Å². The zero-order valence-corrected chi connectivity index (χ0v) is 10.2. The van der Waals surface area contributed by atoms with Gasteiger partial charge in [0.15, 0.2) is 0 Å². The second kappa shape index (κ2) is 4.22. The van der Waals surface area contributed by atoms with Gasteiger partial charge in [0.1, 0.15) is 0 Å². The summed E-state index contributed by atoms with van der Waals surface area (Å²) in [6, 6.07) is 6.05. The topological polar surface area (TPSA) is 63.6 Å². The lowest BCUT2D eigenvalue weighted by molar-refractivity contribution is 1.02. The highest BCUT2D eigenvalue weighted by molar-refractivity contribution is 6.13. The van der Waals surface area contributed by atoms with Crippen LogP contribution in [0.1, 0.15) is 17.8 Å². The van der Waals surface area contributed by atoms with Gasteiger partial charge < -0.3 is 5.73 Å². The summed E-state index contributed by atoms with van der Waals surface area (Å²) in [7, 11) is 0. The SMILES string of the molecule is Cc1cccc(CC2=C3N=C(N)N=C3CC=C2)n1. The number of rotatable bonds is 2. The van der Waals surface area contributed by atoms with Crippen molar-refractivity contribution in [3.63, 3.8) is 0 Å². The van der Waals surface area contributed by atoms with E-state index in [2.05, 4.69) is 27.1 Å². The second-order valence-corrected chi connectivity index (χ2v) is 4.46. The number of pyridine rings is 1. The molecule has 0 amide bonds. The van der Waals surface area contributed by atoms with Gasteiger partial charge in [-0.2, -0.15) is 0 Å². The van der Waals surface area contributed by atoms with Crippen LogP contribution in [0.2, 0.25) is 0 Å². The van der Waals surface area contributed by atoms with Gasteiger partial charge in [-0.3, -0.25) is 4.98 Å². The van der Waals surface area contributed by atoms with Crippen LogP contribution in [0.4, 0.5) is 0 Å². The van der Waals surface area contributed by atoms with Gasteiger partial charge in [0, 0.05) is 24.2 Å². The van der Waals surface area contributed by atoms with Crippen LogP contribution in [-0.2, 0) is 6.42 Å². The van der Waals surface area contributed by atoms with Crippen LogP contribution in [0.3, 0.4) is 0 Å². The Morgan fingerprint density at radius 3 is 3.00 bits per heavy atom. The number of guanidine groups is 1. The largest absolute Gasteiger partial charge is 0.368 e. The van der Waals surface area contributed by atoms with Crippen LogP contribution in [-0.4, -0.2) is 16.7 Å². The molecule has 0 bridgehead atoms. The van der Waals surface area contributed by atoms with Crippen molar-refractivity contribution in [3.8, 4) is 0 Å². The van der Waals surface area contributed by atoms with E-state index in [1.54, 1.807) is 0 Å². The summed E-state index contributed by atoms with van der Waals surface area (Å²) < 4.78 is 0. The number of nitrogens with two attached hydrogens (primary N) is 1. The van der Waals surface area contributed by atoms with Gasteiger partial charge in [-0.1, -0.05) is 18.2 Å². The lowest BCUT2D eigenvalue weighted by Gasteiger charge is -2.11. The molecule has 0 atom stereocenters. The Bertz CT molecular complexity index is 620. The maximum absolute atomic E-state index is 5.66. The Hall–Kier alpha value is -2.23. The molecule has 0 spiro atoms. The number of aliphatic imine (C=N–C) groups is 2. The minimum absolute atomic E-state index is 0.360. The van der Waals surface area contributed by atoms with Crippen molar-refractivity contribution in [2.75, 3.05) is 0 Å². The molecule has 1 aromatic rings. The molecular weight excluding hydrogens is 224 g/mol. The highest BCUT2D eigenvalue weighted by Gasteiger charge is 2.20. The average Bonchev–Trinajstić information content (AvgIpc) is 2.71. The van der Waals surface area contributed by atoms with Crippen molar-refractivity contribution in [2.24, 2.45) is 15.7 Å². The maximum atomic E-state index is 5.66. The predicted molar refractivity (Wildman–Crippen MR) is 72.5 cm³/mol. The molecule has 0 aromatic carbocycles. The van der Waals surface area contributed by atoms with Crippen molar-refractivity contribution in [1.82, 2.24) is 4.98 Å². The Morgan fingerprint density at radius 1 is 1.28 bits per heavy atom. The summed E-state index contributed by atoms with van der Waals surface area (Å²) >= 11 is 0. The smallest absolute Gasteiger partial charge is 0.220 e. The minimum Gasteiger partial charge on any atom is -0.368 e. The van der Waals surface area contributed by atoms with Crippen molar-refractivity contribution in [1.29, 1.82) is 0 Å². The molecule has 4 nitrogen and oxygen atoms in total. The van der Waals surface area contributed by atoms with Crippen molar-refractivity contribution >= 4 is 11.7 Å². The highest BCUT2D eigenvalue weighted by Crippen LogP contribution is 2.24. The molecule has 4 heteroatoms. The van der Waals surface area contributed by atoms with E-state index in [0.29, 0.717) is 5.96 Å². The molecule has 0 unspecified atom stereocenters. The molecule has 1 aliphatic heterocycles. The van der Waals surface area contributed by atoms with E-state index in [1.807, 2.05) is 25.1 Å². The van der Waals surface area contributed by atoms with Gasteiger partial charge in [-0.25, -0.2) is 9.98 Å². The normalized spacial score (nSPS) is 17.6. The highest BCUT2D eigenvalue weighted by atomic mass is 15.1. The molecule has 0 fully saturated rings. The third kappa shape index (κ3) is 1.97. The fourth-order valence-corrected chi connectivity index (χ4v) is 2.22. The van der Waals surface area contributed by atoms with E-state index in [9.17, 15) is 0 Å². The number of aryl methyl sites for hydroxylation is 1. The first-order valence-corrected chi connectivity index (χ1v) is 5.97. The molecule has 0 radical (unpaired) electrons. The van der Waals surface area contributed by atoms with Gasteiger partial charge in [0.25, 0.3) is 0 Å². The fraction of sp³-hybridized carbons (Fsp3) is 0.214. The van der Waals surface area contributed by atoms with Crippen molar-refractivity contribution in [2.45, 2.75) is 19.8 Å². The summed E-state index contributed by atoms with van der Waals surface area (Å²) in [6.45, 7) is 2.00. The lowest BCUT2D eigenvalue weighted by atomic mass is 9.98. The van der Waals surface area contributed by atoms with E-state index < -0.39 is 0 Å². The molecule has 0 saturated heterocycles. The van der Waals surface area contributed by atoms with Gasteiger partial charge in [-0.05, 0) is 24.6 Å². The number of nitrogens with zero attached hydrogens (tertiary/aromatic N) is 3. The summed E-state index contributed by atoms with van der Waals surface area (Å²) in [5.74, 6) is 0.360. The van der Waals surface area contributed by atoms with Crippen LogP contribution in [0.15, 0.2) is 51.6 Å². The molecule has 1 aliphatic carbocycles. The number of allylic oxidation sites excluding steroid dienone is 4. The third-order valence-corrected chi connectivity index (χ3v) is 3.00. The van der Waals surface area contributed by atoms with Crippen molar-refractivity contribution in [3.05, 3.63) is 53.0 Å². The first kappa shape index (κ1) is 10.9. The first-order chi connectivity index (χ1) is 8.72. The molecule has 2 N–H and O–H groups in total. The van der Waals surface area contributed by atoms with Gasteiger partial charge in [-0.15, -0.1) is 0 Å². The lowest BCUT2D eigenvalue weighted by Crippen LogP contribution is -2.06. The Balaban J connectivity index is 1.95. The average molecular weight is 238 g/mol. The third-order valence-electron chi connectivity index (χ3n) is 3.00. The van der Waals surface area contributed by atoms with Gasteiger partial charge in [0.2, 0.25) is 5.96 Å². The molecule has 18 heavy (non-hydrogen) atoms. The summed E-state index contributed by atoms with van der Waals surface area (Å²) in [4.78, 5) is 13.0. The molecule has 2 heterocycles. The zero-order valence-electron chi connectivity index (χ0n) is 10.2. The fourth-order valence-electron chi connectivity index (χ4n) is 2.22. The van der Waals surface area contributed by atoms with Crippen LogP contribution < -0.4 is 5.73 Å². The monoisotopic (exact) mass is 238 g/mol. The number of hydrogen-bond acceptors (Lipinski definition) is 4.